The summed E-state index contributed by atoms with van der Waals surface area (Å²) in [6.45, 7) is 5.32. The van der Waals surface area contributed by atoms with Crippen LogP contribution in [0.25, 0.3) is 10.2 Å². The van der Waals surface area contributed by atoms with E-state index in [1.54, 1.807) is 10.9 Å². The average molecular weight is 363 g/mol. The van der Waals surface area contributed by atoms with Crippen LogP contribution in [0.2, 0.25) is 0 Å². The lowest BCUT2D eigenvalue weighted by Crippen LogP contribution is -2.36. The minimum Gasteiger partial charge on any atom is -0.380 e. The van der Waals surface area contributed by atoms with E-state index < -0.39 is 0 Å². The molecule has 0 radical (unpaired) electrons. The van der Waals surface area contributed by atoms with Crippen LogP contribution >= 0.6 is 11.3 Å². The number of aryl methyl sites for hydroxylation is 1. The number of carbonyl (C=O) groups is 1. The van der Waals surface area contributed by atoms with Crippen molar-refractivity contribution in [3.63, 3.8) is 0 Å². The molecule has 0 spiro atoms. The molecular weight excluding hydrogens is 338 g/mol. The molecule has 1 amide bonds. The Morgan fingerprint density at radius 2 is 2.16 bits per heavy atom. The van der Waals surface area contributed by atoms with Crippen LogP contribution in [0.4, 0.5) is 0 Å². The molecule has 0 bridgehead atoms. The third kappa shape index (κ3) is 3.93. The first-order valence-corrected chi connectivity index (χ1v) is 9.80. The van der Waals surface area contributed by atoms with E-state index in [1.165, 1.54) is 30.6 Å². The van der Waals surface area contributed by atoms with Crippen LogP contribution in [0.3, 0.4) is 0 Å². The molecule has 25 heavy (non-hydrogen) atoms. The number of nitrogens with one attached hydrogen (secondary N) is 1. The van der Waals surface area contributed by atoms with E-state index in [0.717, 1.165) is 18.4 Å². The number of ether oxygens (including phenoxy) is 1. The number of carbonyl (C=O) groups excluding carboxylic acids is 1. The minimum absolute atomic E-state index is 0.0762. The van der Waals surface area contributed by atoms with Gasteiger partial charge in [0.2, 0.25) is 0 Å². The van der Waals surface area contributed by atoms with Crippen LogP contribution in [0.1, 0.15) is 54.3 Å². The first kappa shape index (κ1) is 18.1. The molecule has 0 aromatic carbocycles. The zero-order valence-corrected chi connectivity index (χ0v) is 15.7. The third-order valence-electron chi connectivity index (χ3n) is 4.74. The third-order valence-corrected chi connectivity index (χ3v) is 5.94. The predicted molar refractivity (Wildman–Crippen MR) is 99.4 cm³/mol. The number of hydrogen-bond donors (Lipinski definition) is 1. The molecule has 136 valence electrons. The Morgan fingerprint density at radius 3 is 2.88 bits per heavy atom. The largest absolute Gasteiger partial charge is 0.380 e. The first-order valence-electron chi connectivity index (χ1n) is 8.99. The van der Waals surface area contributed by atoms with Gasteiger partial charge < -0.3 is 10.1 Å². The van der Waals surface area contributed by atoms with Crippen molar-refractivity contribution in [3.05, 3.63) is 27.1 Å². The van der Waals surface area contributed by atoms with E-state index in [-0.39, 0.29) is 17.5 Å². The lowest BCUT2D eigenvalue weighted by Gasteiger charge is -2.22. The van der Waals surface area contributed by atoms with Crippen molar-refractivity contribution in [1.29, 1.82) is 0 Å². The van der Waals surface area contributed by atoms with Crippen molar-refractivity contribution < 1.29 is 9.53 Å². The highest BCUT2D eigenvalue weighted by molar-refractivity contribution is 7.20. The van der Waals surface area contributed by atoms with Crippen LogP contribution in [-0.2, 0) is 11.3 Å². The van der Waals surface area contributed by atoms with Crippen molar-refractivity contribution in [2.45, 2.75) is 58.5 Å². The number of nitrogens with zero attached hydrogens (tertiary/aromatic N) is 2. The monoisotopic (exact) mass is 363 g/mol. The molecule has 2 heterocycles. The summed E-state index contributed by atoms with van der Waals surface area (Å²) in [7, 11) is 0. The fraction of sp³-hybridized carbons (Fsp3) is 0.611. The molecule has 1 fully saturated rings. The van der Waals surface area contributed by atoms with Gasteiger partial charge in [0.05, 0.1) is 29.7 Å². The van der Waals surface area contributed by atoms with E-state index in [2.05, 4.69) is 10.3 Å². The average Bonchev–Trinajstić information content (AvgIpc) is 2.95. The summed E-state index contributed by atoms with van der Waals surface area (Å²) in [5.74, 6) is -0.0762. The summed E-state index contributed by atoms with van der Waals surface area (Å²) in [4.78, 5) is 31.0. The van der Waals surface area contributed by atoms with Crippen molar-refractivity contribution in [2.75, 3.05) is 13.2 Å². The molecule has 0 unspecified atom stereocenters. The van der Waals surface area contributed by atoms with Gasteiger partial charge in [0.25, 0.3) is 11.5 Å². The molecule has 2 aromatic heterocycles. The van der Waals surface area contributed by atoms with Crippen LogP contribution in [0.5, 0.6) is 0 Å². The van der Waals surface area contributed by atoms with Gasteiger partial charge in [-0.15, -0.1) is 11.3 Å². The van der Waals surface area contributed by atoms with Crippen molar-refractivity contribution >= 4 is 27.5 Å². The summed E-state index contributed by atoms with van der Waals surface area (Å²) in [5.41, 5.74) is 0.631. The van der Waals surface area contributed by atoms with E-state index in [4.69, 9.17) is 4.74 Å². The standard InChI is InChI=1S/C18H25N3O3S/c1-3-24-10-9-21-11-19-17-14(18(21)23)12(2)15(25-17)16(22)20-13-7-5-4-6-8-13/h11,13H,3-10H2,1-2H3,(H,20,22). The molecule has 0 saturated heterocycles. The highest BCUT2D eigenvalue weighted by Gasteiger charge is 2.22. The van der Waals surface area contributed by atoms with Crippen LogP contribution in [0.15, 0.2) is 11.1 Å². The Morgan fingerprint density at radius 1 is 1.40 bits per heavy atom. The maximum absolute atomic E-state index is 12.7. The van der Waals surface area contributed by atoms with Gasteiger partial charge in [0.15, 0.2) is 0 Å². The van der Waals surface area contributed by atoms with Crippen molar-refractivity contribution in [1.82, 2.24) is 14.9 Å². The fourth-order valence-corrected chi connectivity index (χ4v) is 4.38. The second-order valence-corrected chi connectivity index (χ2v) is 7.48. The highest BCUT2D eigenvalue weighted by atomic mass is 32.1. The Hall–Kier alpha value is -1.73. The maximum atomic E-state index is 12.7. The molecule has 1 saturated carbocycles. The van der Waals surface area contributed by atoms with Gasteiger partial charge in [-0.1, -0.05) is 19.3 Å². The summed E-state index contributed by atoms with van der Waals surface area (Å²) in [6.07, 6.45) is 7.21. The SMILES string of the molecule is CCOCCn1cnc2sc(C(=O)NC3CCCCC3)c(C)c2c1=O. The van der Waals surface area contributed by atoms with Crippen molar-refractivity contribution in [2.24, 2.45) is 0 Å². The zero-order chi connectivity index (χ0) is 17.8. The number of amides is 1. The normalized spacial score (nSPS) is 15.6. The Kier molecular flexibility index (Phi) is 5.86. The highest BCUT2D eigenvalue weighted by Crippen LogP contribution is 2.27. The van der Waals surface area contributed by atoms with E-state index in [0.29, 0.717) is 34.9 Å². The van der Waals surface area contributed by atoms with E-state index in [1.807, 2.05) is 13.8 Å². The van der Waals surface area contributed by atoms with Gasteiger partial charge in [0.1, 0.15) is 4.83 Å². The molecule has 7 heteroatoms. The predicted octanol–water partition coefficient (Wildman–Crippen LogP) is 2.87. The number of rotatable bonds is 6. The molecule has 1 aliphatic carbocycles. The second kappa shape index (κ2) is 8.10. The Labute approximate surface area is 151 Å². The van der Waals surface area contributed by atoms with Crippen LogP contribution in [-0.4, -0.2) is 34.7 Å². The van der Waals surface area contributed by atoms with Gasteiger partial charge >= 0.3 is 0 Å². The number of hydrogen-bond acceptors (Lipinski definition) is 5. The first-order chi connectivity index (χ1) is 12.1. The Balaban J connectivity index is 1.84. The lowest BCUT2D eigenvalue weighted by atomic mass is 9.95. The van der Waals surface area contributed by atoms with Gasteiger partial charge in [-0.25, -0.2) is 4.98 Å². The molecule has 0 aliphatic heterocycles. The second-order valence-electron chi connectivity index (χ2n) is 6.48. The summed E-state index contributed by atoms with van der Waals surface area (Å²) >= 11 is 1.30. The molecule has 2 aromatic rings. The number of fused-ring (bicyclic) bond motifs is 1. The molecule has 1 aliphatic rings. The van der Waals surface area contributed by atoms with E-state index in [9.17, 15) is 9.59 Å². The van der Waals surface area contributed by atoms with Gasteiger partial charge in [-0.3, -0.25) is 14.2 Å². The van der Waals surface area contributed by atoms with Gasteiger partial charge in [-0.05, 0) is 32.3 Å². The maximum Gasteiger partial charge on any atom is 0.262 e. The van der Waals surface area contributed by atoms with Crippen LogP contribution < -0.4 is 10.9 Å². The lowest BCUT2D eigenvalue weighted by molar-refractivity contribution is 0.0931. The van der Waals surface area contributed by atoms with Crippen molar-refractivity contribution in [3.8, 4) is 0 Å². The quantitative estimate of drug-likeness (QED) is 0.801. The number of aromatic nitrogens is 2. The molecule has 6 nitrogen and oxygen atoms in total. The molecule has 1 N–H and O–H groups in total. The topological polar surface area (TPSA) is 73.2 Å². The minimum atomic E-state index is -0.102. The van der Waals surface area contributed by atoms with Crippen LogP contribution in [0, 0.1) is 6.92 Å². The summed E-state index contributed by atoms with van der Waals surface area (Å²) in [6, 6.07) is 0.252. The summed E-state index contributed by atoms with van der Waals surface area (Å²) < 4.78 is 6.87. The molecular formula is C18H25N3O3S. The molecule has 3 rings (SSSR count). The van der Waals surface area contributed by atoms with Gasteiger partial charge in [0, 0.05) is 12.6 Å². The Bertz CT molecular complexity index is 806. The zero-order valence-electron chi connectivity index (χ0n) is 14.8. The number of thiophene rings is 1. The van der Waals surface area contributed by atoms with Gasteiger partial charge in [-0.2, -0.15) is 0 Å². The molecule has 0 atom stereocenters. The smallest absolute Gasteiger partial charge is 0.262 e. The fourth-order valence-electron chi connectivity index (χ4n) is 3.34. The summed E-state index contributed by atoms with van der Waals surface area (Å²) in [5, 5.41) is 3.68. The van der Waals surface area contributed by atoms with E-state index >= 15 is 0 Å².